The highest BCUT2D eigenvalue weighted by molar-refractivity contribution is 6.60. The van der Waals surface area contributed by atoms with Crippen molar-refractivity contribution in [3.8, 4) is 0 Å². The third-order valence-electron chi connectivity index (χ3n) is 2.87. The van der Waals surface area contributed by atoms with Gasteiger partial charge >= 0.3 is 7.12 Å². The second kappa shape index (κ2) is 4.98. The monoisotopic (exact) mass is 238 g/mol. The van der Waals surface area contributed by atoms with Crippen LogP contribution in [0.3, 0.4) is 0 Å². The number of hydrogen-bond donors (Lipinski definition) is 1. The smallest absolute Gasteiger partial charge is 0.537 e. The molecule has 17 heavy (non-hydrogen) atoms. The van der Waals surface area contributed by atoms with Crippen LogP contribution in [0.15, 0.2) is 35.7 Å². The summed E-state index contributed by atoms with van der Waals surface area (Å²) in [5.74, 6) is 0. The molecule has 1 heterocycles. The predicted molar refractivity (Wildman–Crippen MR) is 66.8 cm³/mol. The van der Waals surface area contributed by atoms with E-state index in [0.717, 1.165) is 0 Å². The first-order valence-electron chi connectivity index (χ1n) is 5.48. The lowest BCUT2D eigenvalue weighted by Gasteiger charge is -2.38. The Bertz CT molecular complexity index is 351. The van der Waals surface area contributed by atoms with Gasteiger partial charge in [-0.05, 0) is 39.8 Å². The molecule has 0 aliphatic carbocycles. The number of aliphatic hydroxyl groups is 1. The molecule has 0 aromatic carbocycles. The van der Waals surface area contributed by atoms with E-state index in [-0.39, 0.29) is 0 Å². The molecule has 0 aliphatic heterocycles. The summed E-state index contributed by atoms with van der Waals surface area (Å²) in [4.78, 5) is 0. The van der Waals surface area contributed by atoms with Crippen LogP contribution in [0.5, 0.6) is 0 Å². The highest BCUT2D eigenvalue weighted by Crippen LogP contribution is 2.25. The number of hydrogen-bond acceptors (Lipinski definition) is 4. The number of furan rings is 1. The van der Waals surface area contributed by atoms with Gasteiger partial charge in [0.15, 0.2) is 0 Å². The fourth-order valence-electron chi connectivity index (χ4n) is 1.08. The molecule has 0 saturated heterocycles. The molecule has 0 amide bonds. The van der Waals surface area contributed by atoms with Gasteiger partial charge < -0.3 is 18.8 Å². The molecule has 0 aliphatic rings. The van der Waals surface area contributed by atoms with Gasteiger partial charge in [0, 0.05) is 0 Å². The zero-order chi connectivity index (χ0) is 13.1. The lowest BCUT2D eigenvalue weighted by atomic mass is 9.80. The molecule has 0 radical (unpaired) electrons. The molecule has 1 rings (SSSR count). The van der Waals surface area contributed by atoms with E-state index in [4.69, 9.17) is 13.7 Å². The van der Waals surface area contributed by atoms with E-state index in [1.807, 2.05) is 0 Å². The summed E-state index contributed by atoms with van der Waals surface area (Å²) in [5, 5.41) is 10.0. The van der Waals surface area contributed by atoms with Crippen LogP contribution in [0.1, 0.15) is 27.7 Å². The summed E-state index contributed by atoms with van der Waals surface area (Å²) in [6, 6.07) is 3.49. The Morgan fingerprint density at radius 1 is 1.41 bits per heavy atom. The quantitative estimate of drug-likeness (QED) is 0.605. The summed E-state index contributed by atoms with van der Waals surface area (Å²) < 4.78 is 16.2. The fourth-order valence-corrected chi connectivity index (χ4v) is 1.08. The Kier molecular flexibility index (Phi) is 4.06. The summed E-state index contributed by atoms with van der Waals surface area (Å²) in [6.07, 6.45) is 2.82. The van der Waals surface area contributed by atoms with Gasteiger partial charge in [0.2, 0.25) is 0 Å². The van der Waals surface area contributed by atoms with Crippen molar-refractivity contribution >= 4 is 12.8 Å². The van der Waals surface area contributed by atoms with Crippen LogP contribution in [0.2, 0.25) is 0 Å². The van der Waals surface area contributed by atoms with Crippen molar-refractivity contribution in [2.24, 2.45) is 0 Å². The molecular weight excluding hydrogens is 219 g/mol. The van der Waals surface area contributed by atoms with Crippen molar-refractivity contribution in [2.45, 2.75) is 38.9 Å². The molecule has 5 heteroatoms. The van der Waals surface area contributed by atoms with Crippen LogP contribution in [-0.4, -0.2) is 23.4 Å². The summed E-state index contributed by atoms with van der Waals surface area (Å²) in [7, 11) is -0.719. The predicted octanol–water partition coefficient (Wildman–Crippen LogP) is 1.70. The first kappa shape index (κ1) is 13.9. The van der Waals surface area contributed by atoms with Crippen molar-refractivity contribution in [1.29, 1.82) is 0 Å². The maximum Gasteiger partial charge on any atom is 0.600 e. The average molecular weight is 238 g/mol. The maximum absolute atomic E-state index is 10.0. The molecule has 1 N–H and O–H groups in total. The van der Waals surface area contributed by atoms with Crippen LogP contribution in [0, 0.1) is 0 Å². The summed E-state index contributed by atoms with van der Waals surface area (Å²) in [5.41, 5.74) is -1.28. The summed E-state index contributed by atoms with van der Waals surface area (Å²) >= 11 is 0. The molecule has 4 nitrogen and oxygen atoms in total. The minimum Gasteiger partial charge on any atom is -0.537 e. The van der Waals surface area contributed by atoms with Crippen molar-refractivity contribution in [3.05, 3.63) is 31.2 Å². The Hall–Kier alpha value is -1.20. The lowest BCUT2D eigenvalue weighted by molar-refractivity contribution is -0.0990. The van der Waals surface area contributed by atoms with E-state index < -0.39 is 18.3 Å². The van der Waals surface area contributed by atoms with Crippen molar-refractivity contribution in [3.63, 3.8) is 0 Å². The minimum absolute atomic E-state index is 0.530. The zero-order valence-corrected chi connectivity index (χ0v) is 10.8. The van der Waals surface area contributed by atoms with E-state index in [9.17, 15) is 5.11 Å². The van der Waals surface area contributed by atoms with Crippen LogP contribution >= 0.6 is 0 Å². The standard InChI is InChI=1S/C12H19BO4/c1-6-16-13(10-8-7-9-15-10)17-12(4,5)11(2,3)14/h6-9,14H,1H2,2-5H3. The third kappa shape index (κ3) is 3.38. The Labute approximate surface area is 102 Å². The van der Waals surface area contributed by atoms with Crippen molar-refractivity contribution in [1.82, 2.24) is 0 Å². The molecule has 94 valence electrons. The van der Waals surface area contributed by atoms with Crippen LogP contribution in [0.4, 0.5) is 0 Å². The van der Waals surface area contributed by atoms with E-state index in [0.29, 0.717) is 5.66 Å². The maximum atomic E-state index is 10.0. The van der Waals surface area contributed by atoms with E-state index >= 15 is 0 Å². The van der Waals surface area contributed by atoms with Gasteiger partial charge in [0.05, 0.1) is 23.7 Å². The minimum atomic E-state index is -1.01. The molecule has 0 spiro atoms. The van der Waals surface area contributed by atoms with E-state index in [2.05, 4.69) is 6.58 Å². The summed E-state index contributed by atoms with van der Waals surface area (Å²) in [6.45, 7) is 10.4. The van der Waals surface area contributed by atoms with Crippen LogP contribution < -0.4 is 5.66 Å². The molecule has 0 fully saturated rings. The van der Waals surface area contributed by atoms with Gasteiger partial charge in [0.1, 0.15) is 5.66 Å². The van der Waals surface area contributed by atoms with Crippen LogP contribution in [0.25, 0.3) is 0 Å². The molecule has 0 saturated carbocycles. The molecule has 1 aromatic rings. The van der Waals surface area contributed by atoms with Gasteiger partial charge in [-0.3, -0.25) is 0 Å². The molecule has 0 unspecified atom stereocenters. The Morgan fingerprint density at radius 2 is 2.06 bits per heavy atom. The lowest BCUT2D eigenvalue weighted by Crippen LogP contribution is -2.53. The van der Waals surface area contributed by atoms with Gasteiger partial charge in [-0.25, -0.2) is 0 Å². The van der Waals surface area contributed by atoms with Crippen molar-refractivity contribution in [2.75, 3.05) is 0 Å². The SMILES string of the molecule is C=COB(OC(C)(C)C(C)(C)O)c1ccco1. The van der Waals surface area contributed by atoms with Gasteiger partial charge in [-0.15, -0.1) is 0 Å². The first-order chi connectivity index (χ1) is 7.78. The average Bonchev–Trinajstić information content (AvgIpc) is 2.67. The first-order valence-corrected chi connectivity index (χ1v) is 5.48. The highest BCUT2D eigenvalue weighted by Gasteiger charge is 2.42. The van der Waals surface area contributed by atoms with Gasteiger partial charge in [0.25, 0.3) is 0 Å². The zero-order valence-electron chi connectivity index (χ0n) is 10.8. The fraction of sp³-hybridized carbons (Fsp3) is 0.500. The third-order valence-corrected chi connectivity index (χ3v) is 2.87. The largest absolute Gasteiger partial charge is 0.600 e. The van der Waals surface area contributed by atoms with E-state index in [1.165, 1.54) is 12.5 Å². The molecule has 1 aromatic heterocycles. The number of rotatable bonds is 6. The molecule has 0 atom stereocenters. The Balaban J connectivity index is 2.85. The van der Waals surface area contributed by atoms with Gasteiger partial charge in [-0.2, -0.15) is 0 Å². The second-order valence-corrected chi connectivity index (χ2v) is 4.84. The Morgan fingerprint density at radius 3 is 2.47 bits per heavy atom. The molecular formula is C12H19BO4. The molecule has 0 bridgehead atoms. The second-order valence-electron chi connectivity index (χ2n) is 4.84. The van der Waals surface area contributed by atoms with Gasteiger partial charge in [-0.1, -0.05) is 6.58 Å². The van der Waals surface area contributed by atoms with Crippen LogP contribution in [-0.2, 0) is 9.31 Å². The highest BCUT2D eigenvalue weighted by atomic mass is 16.6. The van der Waals surface area contributed by atoms with E-state index in [1.54, 1.807) is 39.8 Å². The topological polar surface area (TPSA) is 51.8 Å². The normalized spacial score (nSPS) is 12.3. The van der Waals surface area contributed by atoms with Crippen molar-refractivity contribution < 1.29 is 18.8 Å².